The number of nitrogens with two attached hydrogens (primary N) is 1. The second kappa shape index (κ2) is 6.44. The number of hydrogen-bond acceptors (Lipinski definition) is 5. The fraction of sp³-hybridized carbons (Fsp3) is 0.350. The number of ether oxygens (including phenoxy) is 1. The number of hydrogen-bond donors (Lipinski definition) is 2. The Kier molecular flexibility index (Phi) is 4.18. The molecule has 1 aromatic carbocycles. The van der Waals surface area contributed by atoms with E-state index in [1.807, 2.05) is 0 Å². The number of nitrogen functional groups attached to an aromatic ring is 1. The molecule has 2 aliphatic rings. The number of nitrogens with one attached hydrogen (secondary N) is 1. The lowest BCUT2D eigenvalue weighted by Gasteiger charge is -2.38. The second-order valence-corrected chi connectivity index (χ2v) is 7.09. The number of carbonyl (C=O) groups excluding carboxylic acids is 1. The molecule has 4 rings (SSSR count). The zero-order chi connectivity index (χ0) is 19.9. The molecule has 1 atom stereocenters. The van der Waals surface area contributed by atoms with Crippen molar-refractivity contribution in [2.24, 2.45) is 5.92 Å². The van der Waals surface area contributed by atoms with E-state index in [1.165, 1.54) is 6.07 Å². The van der Waals surface area contributed by atoms with Crippen molar-refractivity contribution < 1.29 is 18.3 Å². The third kappa shape index (κ3) is 3.36. The first-order valence-corrected chi connectivity index (χ1v) is 8.88. The Bertz CT molecular complexity index is 1010. The van der Waals surface area contributed by atoms with Gasteiger partial charge in [0.2, 0.25) is 5.95 Å². The maximum Gasteiger partial charge on any atom is 0.413 e. The number of nitrogens with zero attached hydrogens (tertiary/aromatic N) is 2. The van der Waals surface area contributed by atoms with E-state index in [0.29, 0.717) is 19.0 Å². The third-order valence-electron chi connectivity index (χ3n) is 4.71. The average molecular weight is 384 g/mol. The topological polar surface area (TPSA) is 90.1 Å². The minimum absolute atomic E-state index is 0.0822. The largest absolute Gasteiger partial charge is 0.418 e. The van der Waals surface area contributed by atoms with Crippen molar-refractivity contribution in [3.63, 3.8) is 0 Å². The normalized spacial score (nSPS) is 21.0. The number of aromatic nitrogens is 2. The van der Waals surface area contributed by atoms with Gasteiger partial charge in [-0.2, -0.15) is 0 Å². The van der Waals surface area contributed by atoms with Gasteiger partial charge in [-0.1, -0.05) is 18.1 Å². The molecule has 28 heavy (non-hydrogen) atoms. The van der Waals surface area contributed by atoms with Crippen LogP contribution in [0.5, 0.6) is 0 Å². The van der Waals surface area contributed by atoms with Gasteiger partial charge < -0.3 is 10.5 Å². The standard InChI is InChI=1S/C20H18F2N4O2/c1-19(21,22)20(8-6-12-2-3-12)15-5-4-13(11-16(15)26-18(27)28-20)10-14-7-9-24-17(23)25-14/h4-5,7,9,11-12H,2-3,10H2,1H3,(H,26,27)(H2,23,24,25)/t20-/m0/s1. The van der Waals surface area contributed by atoms with E-state index in [0.717, 1.165) is 18.4 Å². The molecule has 0 radical (unpaired) electrons. The van der Waals surface area contributed by atoms with Crippen LogP contribution in [0.1, 0.15) is 36.6 Å². The van der Waals surface area contributed by atoms with Crippen LogP contribution in [0, 0.1) is 17.8 Å². The molecule has 0 saturated heterocycles. The molecule has 1 aliphatic carbocycles. The van der Waals surface area contributed by atoms with Crippen LogP contribution in [-0.4, -0.2) is 22.0 Å². The second-order valence-electron chi connectivity index (χ2n) is 7.09. The zero-order valence-electron chi connectivity index (χ0n) is 15.1. The van der Waals surface area contributed by atoms with Crippen LogP contribution in [0.15, 0.2) is 30.5 Å². The Morgan fingerprint density at radius 3 is 2.86 bits per heavy atom. The van der Waals surface area contributed by atoms with E-state index < -0.39 is 17.6 Å². The highest BCUT2D eigenvalue weighted by molar-refractivity contribution is 5.90. The van der Waals surface area contributed by atoms with Gasteiger partial charge in [0.25, 0.3) is 11.5 Å². The summed E-state index contributed by atoms with van der Waals surface area (Å²) in [5, 5.41) is 2.51. The van der Waals surface area contributed by atoms with E-state index in [9.17, 15) is 13.6 Å². The Labute approximate surface area is 160 Å². The molecule has 6 nitrogen and oxygen atoms in total. The lowest BCUT2D eigenvalue weighted by atomic mass is 9.85. The highest BCUT2D eigenvalue weighted by Crippen LogP contribution is 2.47. The molecule has 3 N–H and O–H groups in total. The number of anilines is 2. The summed E-state index contributed by atoms with van der Waals surface area (Å²) in [6.45, 7) is 0.717. The van der Waals surface area contributed by atoms with Crippen LogP contribution in [0.2, 0.25) is 0 Å². The summed E-state index contributed by atoms with van der Waals surface area (Å²) in [4.78, 5) is 20.1. The Morgan fingerprint density at radius 2 is 2.18 bits per heavy atom. The Morgan fingerprint density at radius 1 is 1.39 bits per heavy atom. The van der Waals surface area contributed by atoms with Gasteiger partial charge in [-0.05, 0) is 36.5 Å². The molecular formula is C20H18F2N4O2. The summed E-state index contributed by atoms with van der Waals surface area (Å²) in [6, 6.07) is 6.56. The van der Waals surface area contributed by atoms with E-state index in [2.05, 4.69) is 27.1 Å². The fourth-order valence-electron chi connectivity index (χ4n) is 3.12. The van der Waals surface area contributed by atoms with E-state index in [4.69, 9.17) is 10.5 Å². The van der Waals surface area contributed by atoms with Gasteiger partial charge in [0, 0.05) is 31.0 Å². The molecule has 1 saturated carbocycles. The Hall–Kier alpha value is -3.21. The minimum Gasteiger partial charge on any atom is -0.418 e. The molecule has 1 aromatic heterocycles. The van der Waals surface area contributed by atoms with Gasteiger partial charge in [-0.15, -0.1) is 0 Å². The number of halogens is 2. The molecule has 2 aromatic rings. The predicted octanol–water partition coefficient (Wildman–Crippen LogP) is 3.48. The van der Waals surface area contributed by atoms with Crippen LogP contribution in [0.4, 0.5) is 25.2 Å². The van der Waals surface area contributed by atoms with Gasteiger partial charge in [-0.25, -0.2) is 23.5 Å². The molecule has 0 spiro atoms. The number of rotatable bonds is 3. The summed E-state index contributed by atoms with van der Waals surface area (Å²) in [5.41, 5.74) is 5.11. The van der Waals surface area contributed by atoms with Crippen LogP contribution in [-0.2, 0) is 16.8 Å². The van der Waals surface area contributed by atoms with Gasteiger partial charge in [-0.3, -0.25) is 5.32 Å². The quantitative estimate of drug-likeness (QED) is 0.791. The summed E-state index contributed by atoms with van der Waals surface area (Å²) < 4.78 is 34.4. The van der Waals surface area contributed by atoms with Crippen LogP contribution in [0.3, 0.4) is 0 Å². The van der Waals surface area contributed by atoms with Crippen molar-refractivity contribution in [3.8, 4) is 11.8 Å². The number of cyclic esters (lactones) is 1. The number of benzene rings is 1. The van der Waals surface area contributed by atoms with Crippen molar-refractivity contribution in [2.75, 3.05) is 11.1 Å². The highest BCUT2D eigenvalue weighted by atomic mass is 19.3. The van der Waals surface area contributed by atoms with Gasteiger partial charge in [0.1, 0.15) is 0 Å². The predicted molar refractivity (Wildman–Crippen MR) is 98.6 cm³/mol. The lowest BCUT2D eigenvalue weighted by molar-refractivity contribution is -0.142. The smallest absolute Gasteiger partial charge is 0.413 e. The Balaban J connectivity index is 1.76. The molecule has 144 valence electrons. The maximum atomic E-state index is 14.6. The van der Waals surface area contributed by atoms with Crippen LogP contribution in [0.25, 0.3) is 0 Å². The molecule has 8 heteroatoms. The van der Waals surface area contributed by atoms with Crippen LogP contribution < -0.4 is 11.1 Å². The first-order valence-electron chi connectivity index (χ1n) is 8.88. The van der Waals surface area contributed by atoms with E-state index >= 15 is 0 Å². The first-order chi connectivity index (χ1) is 13.3. The molecule has 0 bridgehead atoms. The molecule has 1 amide bonds. The summed E-state index contributed by atoms with van der Waals surface area (Å²) in [6.07, 6.45) is 2.74. The molecule has 1 fully saturated rings. The third-order valence-corrected chi connectivity index (χ3v) is 4.71. The van der Waals surface area contributed by atoms with Crippen molar-refractivity contribution in [2.45, 2.75) is 37.7 Å². The van der Waals surface area contributed by atoms with E-state index in [-0.39, 0.29) is 23.1 Å². The lowest BCUT2D eigenvalue weighted by Crippen LogP contribution is -2.50. The number of carbonyl (C=O) groups is 1. The van der Waals surface area contributed by atoms with Gasteiger partial charge in [0.05, 0.1) is 11.4 Å². The number of amides is 1. The molecule has 1 aliphatic heterocycles. The molecule has 2 heterocycles. The SMILES string of the molecule is CC(F)(F)[C@@]1(C#CC2CC2)OC(=O)Nc2cc(Cc3ccnc(N)n3)ccc21. The number of alkyl halides is 2. The maximum absolute atomic E-state index is 14.6. The fourth-order valence-corrected chi connectivity index (χ4v) is 3.12. The monoisotopic (exact) mass is 384 g/mol. The van der Waals surface area contributed by atoms with Crippen LogP contribution >= 0.6 is 0 Å². The minimum atomic E-state index is -3.38. The summed E-state index contributed by atoms with van der Waals surface area (Å²) in [7, 11) is 0. The van der Waals surface area contributed by atoms with Gasteiger partial charge in [0.15, 0.2) is 0 Å². The summed E-state index contributed by atoms with van der Waals surface area (Å²) in [5.74, 6) is 2.26. The van der Waals surface area contributed by atoms with E-state index in [1.54, 1.807) is 24.4 Å². The van der Waals surface area contributed by atoms with Crippen molar-refractivity contribution >= 4 is 17.7 Å². The molecule has 0 unspecified atom stereocenters. The summed E-state index contributed by atoms with van der Waals surface area (Å²) >= 11 is 0. The first kappa shape index (κ1) is 18.2. The van der Waals surface area contributed by atoms with Gasteiger partial charge >= 0.3 is 6.09 Å². The highest BCUT2D eigenvalue weighted by Gasteiger charge is 2.57. The van der Waals surface area contributed by atoms with Crippen molar-refractivity contribution in [1.82, 2.24) is 9.97 Å². The van der Waals surface area contributed by atoms with Crippen molar-refractivity contribution in [1.29, 1.82) is 0 Å². The molecular weight excluding hydrogens is 366 g/mol. The number of fused-ring (bicyclic) bond motifs is 1. The zero-order valence-corrected chi connectivity index (χ0v) is 15.1. The average Bonchev–Trinajstić information content (AvgIpc) is 3.42. The van der Waals surface area contributed by atoms with Crippen molar-refractivity contribution in [3.05, 3.63) is 47.3 Å².